The fourth-order valence-electron chi connectivity index (χ4n) is 7.01. The standard InChI is InChI=1S/C35H42ClN3O2/c1-3-38-19-7-8-27(38)13-16-34(40)26-12-14-31(36)35(23-26)41-28-17-20-37(21-18-28)24-25-11-15-33-30(22-25)29-9-5-6-10-32(29)39(33)4-2/h5-6,9-12,14-15,22-23,27-28H,3-4,7-8,13,16-21,24H2,1-2H3. The summed E-state index contributed by atoms with van der Waals surface area (Å²) in [5.74, 6) is 0.827. The van der Waals surface area contributed by atoms with Crippen LogP contribution >= 0.6 is 11.6 Å². The maximum atomic E-state index is 13.0. The van der Waals surface area contributed by atoms with Gasteiger partial charge in [0.2, 0.25) is 0 Å². The molecule has 1 atom stereocenters. The van der Waals surface area contributed by atoms with E-state index in [9.17, 15) is 4.79 Å². The molecule has 3 heterocycles. The van der Waals surface area contributed by atoms with E-state index in [4.69, 9.17) is 16.3 Å². The van der Waals surface area contributed by atoms with Gasteiger partial charge in [0, 0.05) is 66.0 Å². The van der Waals surface area contributed by atoms with Crippen molar-refractivity contribution in [3.8, 4) is 5.75 Å². The number of ketones is 1. The number of halogens is 1. The second kappa shape index (κ2) is 12.6. The van der Waals surface area contributed by atoms with Crippen LogP contribution in [-0.2, 0) is 13.1 Å². The Morgan fingerprint density at radius 2 is 1.71 bits per heavy atom. The number of rotatable bonds is 10. The van der Waals surface area contributed by atoms with Crippen LogP contribution in [0.25, 0.3) is 21.8 Å². The summed E-state index contributed by atoms with van der Waals surface area (Å²) in [6, 6.07) is 21.7. The Balaban J connectivity index is 1.05. The van der Waals surface area contributed by atoms with Gasteiger partial charge in [0.15, 0.2) is 5.78 Å². The number of aromatic nitrogens is 1. The lowest BCUT2D eigenvalue weighted by molar-refractivity contribution is 0.0946. The van der Waals surface area contributed by atoms with Crippen LogP contribution in [0.1, 0.15) is 68.3 Å². The zero-order valence-corrected chi connectivity index (χ0v) is 25.2. The fraction of sp³-hybridized carbons (Fsp3) is 0.457. The maximum absolute atomic E-state index is 13.0. The zero-order chi connectivity index (χ0) is 28.3. The van der Waals surface area contributed by atoms with Crippen molar-refractivity contribution >= 4 is 39.2 Å². The second-order valence-corrected chi connectivity index (χ2v) is 12.1. The predicted molar refractivity (Wildman–Crippen MR) is 169 cm³/mol. The molecular weight excluding hydrogens is 530 g/mol. The highest BCUT2D eigenvalue weighted by Gasteiger charge is 2.25. The Morgan fingerprint density at radius 1 is 0.902 bits per heavy atom. The summed E-state index contributed by atoms with van der Waals surface area (Å²) in [6.07, 6.45) is 5.94. The lowest BCUT2D eigenvalue weighted by Crippen LogP contribution is -2.37. The molecule has 2 saturated heterocycles. The van der Waals surface area contributed by atoms with Crippen molar-refractivity contribution in [3.63, 3.8) is 0 Å². The number of ether oxygens (including phenoxy) is 1. The summed E-state index contributed by atoms with van der Waals surface area (Å²) in [4.78, 5) is 18.0. The number of benzene rings is 3. The van der Waals surface area contributed by atoms with Gasteiger partial charge in [-0.2, -0.15) is 0 Å². The molecular formula is C35H42ClN3O2. The summed E-state index contributed by atoms with van der Waals surface area (Å²) >= 11 is 6.52. The summed E-state index contributed by atoms with van der Waals surface area (Å²) in [5.41, 5.74) is 4.68. The number of nitrogens with zero attached hydrogens (tertiary/aromatic N) is 3. The first-order valence-corrected chi connectivity index (χ1v) is 15.9. The SMILES string of the molecule is CCN1CCCC1CCC(=O)c1ccc(Cl)c(OC2CCN(Cc3ccc4c(c3)c3ccccc3n4CC)CC2)c1. The van der Waals surface area contributed by atoms with Crippen LogP contribution in [-0.4, -0.2) is 58.5 Å². The average Bonchev–Trinajstić information content (AvgIpc) is 3.59. The van der Waals surface area contributed by atoms with Gasteiger partial charge in [0.05, 0.1) is 5.02 Å². The molecule has 0 aliphatic carbocycles. The molecule has 41 heavy (non-hydrogen) atoms. The largest absolute Gasteiger partial charge is 0.489 e. The van der Waals surface area contributed by atoms with Crippen molar-refractivity contribution in [2.24, 2.45) is 0 Å². The molecule has 4 aromatic rings. The number of piperidine rings is 1. The van der Waals surface area contributed by atoms with E-state index in [1.807, 2.05) is 18.2 Å². The van der Waals surface area contributed by atoms with Crippen LogP contribution in [0, 0.1) is 0 Å². The number of Topliss-reactive ketones (excluding diaryl/α,β-unsaturated/α-hetero) is 1. The van der Waals surface area contributed by atoms with Crippen molar-refractivity contribution in [3.05, 3.63) is 76.8 Å². The highest BCUT2D eigenvalue weighted by atomic mass is 35.5. The number of para-hydroxylation sites is 1. The predicted octanol–water partition coefficient (Wildman–Crippen LogP) is 7.96. The van der Waals surface area contributed by atoms with E-state index in [0.717, 1.165) is 58.5 Å². The van der Waals surface area contributed by atoms with Crippen LogP contribution in [0.15, 0.2) is 60.7 Å². The molecule has 216 valence electrons. The first-order chi connectivity index (χ1) is 20.0. The number of carbonyl (C=O) groups excluding carboxylic acids is 1. The van der Waals surface area contributed by atoms with Gasteiger partial charge in [-0.25, -0.2) is 0 Å². The zero-order valence-electron chi connectivity index (χ0n) is 24.4. The molecule has 0 radical (unpaired) electrons. The van der Waals surface area contributed by atoms with Gasteiger partial charge < -0.3 is 14.2 Å². The van der Waals surface area contributed by atoms with Crippen LogP contribution in [0.4, 0.5) is 0 Å². The topological polar surface area (TPSA) is 37.7 Å². The highest BCUT2D eigenvalue weighted by molar-refractivity contribution is 6.32. The molecule has 3 aromatic carbocycles. The molecule has 0 spiro atoms. The normalized spacial score (nSPS) is 19.0. The molecule has 0 bridgehead atoms. The van der Waals surface area contributed by atoms with E-state index in [1.165, 1.54) is 40.2 Å². The first kappa shape index (κ1) is 28.3. The van der Waals surface area contributed by atoms with Gasteiger partial charge in [-0.15, -0.1) is 0 Å². The summed E-state index contributed by atoms with van der Waals surface area (Å²) < 4.78 is 8.79. The van der Waals surface area contributed by atoms with Gasteiger partial charge in [-0.3, -0.25) is 9.69 Å². The van der Waals surface area contributed by atoms with Gasteiger partial charge in [-0.1, -0.05) is 42.8 Å². The Hall–Kier alpha value is -2.86. The molecule has 2 fully saturated rings. The quantitative estimate of drug-likeness (QED) is 0.181. The minimum absolute atomic E-state index is 0.107. The Bertz CT molecular complexity index is 1520. The van der Waals surface area contributed by atoms with E-state index in [1.54, 1.807) is 0 Å². The minimum atomic E-state index is 0.107. The van der Waals surface area contributed by atoms with E-state index in [2.05, 4.69) is 70.7 Å². The molecule has 6 rings (SSSR count). The number of likely N-dealkylation sites (tertiary alicyclic amines) is 2. The highest BCUT2D eigenvalue weighted by Crippen LogP contribution is 2.32. The van der Waals surface area contributed by atoms with Crippen molar-refractivity contribution in [1.82, 2.24) is 14.4 Å². The van der Waals surface area contributed by atoms with Gasteiger partial charge in [-0.05, 0) is 94.1 Å². The molecule has 1 aromatic heterocycles. The van der Waals surface area contributed by atoms with Crippen LogP contribution in [0.2, 0.25) is 5.02 Å². The molecule has 0 N–H and O–H groups in total. The third kappa shape index (κ3) is 6.04. The van der Waals surface area contributed by atoms with Gasteiger partial charge in [0.1, 0.15) is 11.9 Å². The average molecular weight is 572 g/mol. The number of hydrogen-bond acceptors (Lipinski definition) is 4. The third-order valence-corrected chi connectivity index (χ3v) is 9.56. The summed E-state index contributed by atoms with van der Waals surface area (Å²) in [6.45, 7) is 10.5. The number of fused-ring (bicyclic) bond motifs is 3. The molecule has 0 amide bonds. The number of aryl methyl sites for hydroxylation is 1. The fourth-order valence-corrected chi connectivity index (χ4v) is 7.17. The van der Waals surface area contributed by atoms with Crippen LogP contribution < -0.4 is 4.74 Å². The monoisotopic (exact) mass is 571 g/mol. The van der Waals surface area contributed by atoms with E-state index in [-0.39, 0.29) is 11.9 Å². The van der Waals surface area contributed by atoms with E-state index in [0.29, 0.717) is 28.8 Å². The first-order valence-electron chi connectivity index (χ1n) is 15.5. The second-order valence-electron chi connectivity index (χ2n) is 11.7. The smallest absolute Gasteiger partial charge is 0.163 e. The summed E-state index contributed by atoms with van der Waals surface area (Å²) in [5, 5.41) is 3.25. The lowest BCUT2D eigenvalue weighted by Gasteiger charge is -2.32. The van der Waals surface area contributed by atoms with Crippen LogP contribution in [0.3, 0.4) is 0 Å². The van der Waals surface area contributed by atoms with Gasteiger partial charge >= 0.3 is 0 Å². The van der Waals surface area contributed by atoms with Crippen LogP contribution in [0.5, 0.6) is 5.75 Å². The Kier molecular flexibility index (Phi) is 8.66. The molecule has 2 aliphatic rings. The minimum Gasteiger partial charge on any atom is -0.489 e. The van der Waals surface area contributed by atoms with E-state index < -0.39 is 0 Å². The van der Waals surface area contributed by atoms with Crippen molar-refractivity contribution in [2.75, 3.05) is 26.2 Å². The number of hydrogen-bond donors (Lipinski definition) is 0. The Labute approximate surface area is 249 Å². The van der Waals surface area contributed by atoms with Crippen molar-refractivity contribution in [2.45, 2.75) is 77.6 Å². The maximum Gasteiger partial charge on any atom is 0.163 e. The van der Waals surface area contributed by atoms with Gasteiger partial charge in [0.25, 0.3) is 0 Å². The molecule has 1 unspecified atom stereocenters. The van der Waals surface area contributed by atoms with Crippen molar-refractivity contribution < 1.29 is 9.53 Å². The summed E-state index contributed by atoms with van der Waals surface area (Å²) in [7, 11) is 0. The molecule has 5 nitrogen and oxygen atoms in total. The lowest BCUT2D eigenvalue weighted by atomic mass is 10.0. The Morgan fingerprint density at radius 3 is 2.51 bits per heavy atom. The third-order valence-electron chi connectivity index (χ3n) is 9.25. The van der Waals surface area contributed by atoms with E-state index >= 15 is 0 Å². The van der Waals surface area contributed by atoms with Crippen molar-refractivity contribution in [1.29, 1.82) is 0 Å². The molecule has 6 heteroatoms. The molecule has 0 saturated carbocycles. The number of carbonyl (C=O) groups is 1. The molecule has 2 aliphatic heterocycles.